The van der Waals surface area contributed by atoms with E-state index in [0.717, 1.165) is 11.3 Å². The third-order valence-corrected chi connectivity index (χ3v) is 4.71. The van der Waals surface area contributed by atoms with Crippen LogP contribution < -0.4 is 4.72 Å². The van der Waals surface area contributed by atoms with Gasteiger partial charge in [-0.3, -0.25) is 0 Å². The standard InChI is InChI=1S/C6H9ClN2O3S2/c1-4-5(13-6(7)9-4)14(11,12)8-2-3-10/h8,10H,2-3H2,1H3. The Hall–Kier alpha value is -0.210. The molecule has 0 spiro atoms. The summed E-state index contributed by atoms with van der Waals surface area (Å²) in [5.41, 5.74) is 0.366. The molecule has 0 aliphatic heterocycles. The summed E-state index contributed by atoms with van der Waals surface area (Å²) >= 11 is 6.47. The third-order valence-electron chi connectivity index (χ3n) is 1.38. The molecule has 0 saturated heterocycles. The fraction of sp³-hybridized carbons (Fsp3) is 0.500. The number of rotatable bonds is 4. The highest BCUT2D eigenvalue weighted by Gasteiger charge is 2.20. The molecule has 0 fully saturated rings. The summed E-state index contributed by atoms with van der Waals surface area (Å²) in [6, 6.07) is 0. The van der Waals surface area contributed by atoms with Crippen LogP contribution in [0.2, 0.25) is 4.47 Å². The lowest BCUT2D eigenvalue weighted by Crippen LogP contribution is -2.26. The first-order chi connectivity index (χ1) is 6.47. The normalized spacial score (nSPS) is 11.9. The number of thiazole rings is 1. The quantitative estimate of drug-likeness (QED) is 0.816. The Morgan fingerprint density at radius 2 is 2.29 bits per heavy atom. The molecule has 1 heterocycles. The van der Waals surface area contributed by atoms with Crippen LogP contribution in [0, 0.1) is 6.92 Å². The molecule has 0 aromatic carbocycles. The van der Waals surface area contributed by atoms with Gasteiger partial charge in [-0.05, 0) is 6.92 Å². The predicted molar refractivity (Wildman–Crippen MR) is 54.1 cm³/mol. The summed E-state index contributed by atoms with van der Waals surface area (Å²) in [7, 11) is -3.57. The number of sulfonamides is 1. The summed E-state index contributed by atoms with van der Waals surface area (Å²) < 4.78 is 25.5. The second kappa shape index (κ2) is 4.54. The number of halogens is 1. The van der Waals surface area contributed by atoms with E-state index in [1.807, 2.05) is 0 Å². The molecule has 14 heavy (non-hydrogen) atoms. The highest BCUT2D eigenvalue weighted by Crippen LogP contribution is 2.26. The van der Waals surface area contributed by atoms with Crippen LogP contribution in [-0.4, -0.2) is 31.7 Å². The van der Waals surface area contributed by atoms with E-state index in [1.54, 1.807) is 6.92 Å². The van der Waals surface area contributed by atoms with Gasteiger partial charge in [0.1, 0.15) is 0 Å². The fourth-order valence-electron chi connectivity index (χ4n) is 0.846. The molecule has 0 bridgehead atoms. The van der Waals surface area contributed by atoms with Crippen LogP contribution in [0.25, 0.3) is 0 Å². The van der Waals surface area contributed by atoms with Crippen LogP contribution >= 0.6 is 22.9 Å². The molecule has 0 radical (unpaired) electrons. The van der Waals surface area contributed by atoms with Gasteiger partial charge in [0.15, 0.2) is 8.68 Å². The monoisotopic (exact) mass is 256 g/mol. The first-order valence-corrected chi connectivity index (χ1v) is 6.38. The molecule has 8 heteroatoms. The van der Waals surface area contributed by atoms with Crippen molar-refractivity contribution in [3.63, 3.8) is 0 Å². The Morgan fingerprint density at radius 1 is 1.64 bits per heavy atom. The van der Waals surface area contributed by atoms with Gasteiger partial charge in [0.05, 0.1) is 12.3 Å². The molecular formula is C6H9ClN2O3S2. The lowest BCUT2D eigenvalue weighted by molar-refractivity contribution is 0.301. The zero-order chi connectivity index (χ0) is 10.8. The van der Waals surface area contributed by atoms with Gasteiger partial charge in [0.25, 0.3) is 10.0 Å². The zero-order valence-corrected chi connectivity index (χ0v) is 9.71. The van der Waals surface area contributed by atoms with Gasteiger partial charge in [-0.1, -0.05) is 22.9 Å². The summed E-state index contributed by atoms with van der Waals surface area (Å²) in [6.45, 7) is 1.30. The van der Waals surface area contributed by atoms with E-state index >= 15 is 0 Å². The molecule has 1 rings (SSSR count). The third kappa shape index (κ3) is 2.64. The van der Waals surface area contributed by atoms with Crippen molar-refractivity contribution in [3.8, 4) is 0 Å². The maximum atomic E-state index is 11.5. The molecule has 2 N–H and O–H groups in total. The molecule has 0 saturated carbocycles. The zero-order valence-electron chi connectivity index (χ0n) is 7.32. The first-order valence-electron chi connectivity index (χ1n) is 3.71. The summed E-state index contributed by atoms with van der Waals surface area (Å²) in [5, 5.41) is 8.49. The smallest absolute Gasteiger partial charge is 0.252 e. The number of hydrogen-bond donors (Lipinski definition) is 2. The molecule has 0 aliphatic rings. The van der Waals surface area contributed by atoms with Gasteiger partial charge >= 0.3 is 0 Å². The van der Waals surface area contributed by atoms with Gasteiger partial charge in [-0.15, -0.1) is 0 Å². The summed E-state index contributed by atoms with van der Waals surface area (Å²) in [5.74, 6) is 0. The maximum absolute atomic E-state index is 11.5. The van der Waals surface area contributed by atoms with Crippen LogP contribution in [0.15, 0.2) is 4.21 Å². The van der Waals surface area contributed by atoms with E-state index in [0.29, 0.717) is 5.69 Å². The van der Waals surface area contributed by atoms with E-state index in [9.17, 15) is 8.42 Å². The van der Waals surface area contributed by atoms with Gasteiger partial charge in [0.2, 0.25) is 0 Å². The highest BCUT2D eigenvalue weighted by atomic mass is 35.5. The molecule has 0 atom stereocenters. The maximum Gasteiger partial charge on any atom is 0.252 e. The van der Waals surface area contributed by atoms with Gasteiger partial charge in [0, 0.05) is 6.54 Å². The molecule has 0 unspecified atom stereocenters. The van der Waals surface area contributed by atoms with Crippen molar-refractivity contribution in [1.29, 1.82) is 0 Å². The van der Waals surface area contributed by atoms with Crippen LogP contribution in [0.3, 0.4) is 0 Å². The Morgan fingerprint density at radius 3 is 2.71 bits per heavy atom. The summed E-state index contributed by atoms with van der Waals surface area (Å²) in [6.07, 6.45) is 0. The van der Waals surface area contributed by atoms with E-state index in [-0.39, 0.29) is 21.8 Å². The molecule has 0 aliphatic carbocycles. The average Bonchev–Trinajstić information content (AvgIpc) is 2.42. The fourth-order valence-corrected chi connectivity index (χ4v) is 3.65. The minimum Gasteiger partial charge on any atom is -0.395 e. The SMILES string of the molecule is Cc1nc(Cl)sc1S(=O)(=O)NCCO. The molecule has 1 aromatic heterocycles. The van der Waals surface area contributed by atoms with Gasteiger partial charge in [-0.2, -0.15) is 0 Å². The molecule has 1 aromatic rings. The number of aryl methyl sites for hydroxylation is 1. The van der Waals surface area contributed by atoms with Crippen molar-refractivity contribution in [2.24, 2.45) is 0 Å². The van der Waals surface area contributed by atoms with Crippen molar-refractivity contribution in [3.05, 3.63) is 10.2 Å². The minimum atomic E-state index is -3.57. The number of aliphatic hydroxyl groups excluding tert-OH is 1. The van der Waals surface area contributed by atoms with E-state index in [4.69, 9.17) is 16.7 Å². The average molecular weight is 257 g/mol. The Kier molecular flexibility index (Phi) is 3.85. The summed E-state index contributed by atoms with van der Waals surface area (Å²) in [4.78, 5) is 3.79. The van der Waals surface area contributed by atoms with Crippen LogP contribution in [0.4, 0.5) is 0 Å². The van der Waals surface area contributed by atoms with E-state index in [1.165, 1.54) is 0 Å². The first kappa shape index (κ1) is 11.9. The van der Waals surface area contributed by atoms with Gasteiger partial charge < -0.3 is 5.11 Å². The second-order valence-electron chi connectivity index (χ2n) is 2.46. The lowest BCUT2D eigenvalue weighted by Gasteiger charge is -2.02. The molecular weight excluding hydrogens is 248 g/mol. The number of aliphatic hydroxyl groups is 1. The van der Waals surface area contributed by atoms with Crippen molar-refractivity contribution in [1.82, 2.24) is 9.71 Å². The Bertz CT molecular complexity index is 415. The van der Waals surface area contributed by atoms with Gasteiger partial charge in [-0.25, -0.2) is 18.1 Å². The second-order valence-corrected chi connectivity index (χ2v) is 6.00. The van der Waals surface area contributed by atoms with Crippen molar-refractivity contribution >= 4 is 33.0 Å². The van der Waals surface area contributed by atoms with Crippen LogP contribution in [-0.2, 0) is 10.0 Å². The van der Waals surface area contributed by atoms with E-state index < -0.39 is 10.0 Å². The van der Waals surface area contributed by atoms with Crippen LogP contribution in [0.1, 0.15) is 5.69 Å². The number of nitrogens with zero attached hydrogens (tertiary/aromatic N) is 1. The number of aromatic nitrogens is 1. The van der Waals surface area contributed by atoms with Crippen LogP contribution in [0.5, 0.6) is 0 Å². The highest BCUT2D eigenvalue weighted by molar-refractivity contribution is 7.91. The number of hydrogen-bond acceptors (Lipinski definition) is 5. The van der Waals surface area contributed by atoms with Crippen molar-refractivity contribution < 1.29 is 13.5 Å². The van der Waals surface area contributed by atoms with Crippen molar-refractivity contribution in [2.45, 2.75) is 11.1 Å². The minimum absolute atomic E-state index is 0.0166. The van der Waals surface area contributed by atoms with Crippen molar-refractivity contribution in [2.75, 3.05) is 13.2 Å². The Labute approximate surface area is 90.8 Å². The van der Waals surface area contributed by atoms with E-state index in [2.05, 4.69) is 9.71 Å². The number of nitrogens with one attached hydrogen (secondary N) is 1. The molecule has 5 nitrogen and oxygen atoms in total. The molecule has 80 valence electrons. The Balaban J connectivity index is 2.98. The predicted octanol–water partition coefficient (Wildman–Crippen LogP) is 0.376. The largest absolute Gasteiger partial charge is 0.395 e. The lowest BCUT2D eigenvalue weighted by atomic mass is 10.6. The molecule has 0 amide bonds. The topological polar surface area (TPSA) is 79.3 Å².